The summed E-state index contributed by atoms with van der Waals surface area (Å²) in [5.74, 6) is 1.29. The van der Waals surface area contributed by atoms with Crippen LogP contribution in [0.25, 0.3) is 0 Å². The highest BCUT2D eigenvalue weighted by molar-refractivity contribution is 5.80. The highest BCUT2D eigenvalue weighted by Crippen LogP contribution is 2.13. The van der Waals surface area contributed by atoms with E-state index in [9.17, 15) is 4.79 Å². The summed E-state index contributed by atoms with van der Waals surface area (Å²) >= 11 is 0. The summed E-state index contributed by atoms with van der Waals surface area (Å²) in [4.78, 5) is 17.7. The van der Waals surface area contributed by atoms with E-state index in [1.807, 2.05) is 19.3 Å². The molecule has 1 aliphatic rings. The molecule has 0 fully saturated rings. The number of hydrogen-bond donors (Lipinski definition) is 0. The van der Waals surface area contributed by atoms with E-state index in [0.29, 0.717) is 0 Å². The maximum Gasteiger partial charge on any atom is 0.146 e. The van der Waals surface area contributed by atoms with Gasteiger partial charge < -0.3 is 4.57 Å². The summed E-state index contributed by atoms with van der Waals surface area (Å²) in [6, 6.07) is 0.0143. The number of rotatable bonds is 2. The molecule has 0 saturated heterocycles. The molecular formula is C10H15N3O. The lowest BCUT2D eigenvalue weighted by Crippen LogP contribution is -2.42. The molecule has 1 aromatic heterocycles. The maximum atomic E-state index is 11.2. The molecule has 14 heavy (non-hydrogen) atoms. The van der Waals surface area contributed by atoms with Crippen molar-refractivity contribution < 1.29 is 4.79 Å². The highest BCUT2D eigenvalue weighted by atomic mass is 16.1. The van der Waals surface area contributed by atoms with Gasteiger partial charge in [0.25, 0.3) is 0 Å². The molecule has 4 heteroatoms. The van der Waals surface area contributed by atoms with Crippen molar-refractivity contribution in [2.24, 2.45) is 0 Å². The number of fused-ring (bicyclic) bond motifs is 1. The molecular weight excluding hydrogens is 178 g/mol. The van der Waals surface area contributed by atoms with E-state index in [1.165, 1.54) is 0 Å². The topological polar surface area (TPSA) is 38.1 Å². The summed E-state index contributed by atoms with van der Waals surface area (Å²) in [5, 5.41) is 0. The van der Waals surface area contributed by atoms with Crippen LogP contribution in [0.4, 0.5) is 0 Å². The Kier molecular flexibility index (Phi) is 2.37. The molecule has 0 spiro atoms. The predicted octanol–water partition coefficient (Wildman–Crippen LogP) is 0.676. The fourth-order valence-electron chi connectivity index (χ4n) is 1.78. The van der Waals surface area contributed by atoms with E-state index in [0.717, 1.165) is 25.5 Å². The summed E-state index contributed by atoms with van der Waals surface area (Å²) in [5.41, 5.74) is 0. The van der Waals surface area contributed by atoms with Gasteiger partial charge in [0, 0.05) is 25.5 Å². The highest BCUT2D eigenvalue weighted by Gasteiger charge is 2.23. The first-order valence-electron chi connectivity index (χ1n) is 4.93. The van der Waals surface area contributed by atoms with Gasteiger partial charge in [-0.3, -0.25) is 9.69 Å². The molecule has 1 aliphatic heterocycles. The Labute approximate surface area is 83.5 Å². The van der Waals surface area contributed by atoms with Crippen LogP contribution in [0.3, 0.4) is 0 Å². The quantitative estimate of drug-likeness (QED) is 0.693. The number of nitrogens with zero attached hydrogens (tertiary/aromatic N) is 3. The van der Waals surface area contributed by atoms with Crippen LogP contribution in [0.2, 0.25) is 0 Å². The SMILES string of the molecule is CC(=O)[C@H](C)N1CCn2ccnc2C1. The fourth-order valence-corrected chi connectivity index (χ4v) is 1.78. The predicted molar refractivity (Wildman–Crippen MR) is 52.8 cm³/mol. The lowest BCUT2D eigenvalue weighted by atomic mass is 10.2. The number of imidazole rings is 1. The third-order valence-electron chi connectivity index (χ3n) is 2.91. The summed E-state index contributed by atoms with van der Waals surface area (Å²) in [7, 11) is 0. The van der Waals surface area contributed by atoms with E-state index in [4.69, 9.17) is 0 Å². The Hall–Kier alpha value is -1.16. The monoisotopic (exact) mass is 193 g/mol. The minimum absolute atomic E-state index is 0.0143. The van der Waals surface area contributed by atoms with Gasteiger partial charge in [0.15, 0.2) is 0 Å². The van der Waals surface area contributed by atoms with Crippen LogP contribution in [0.1, 0.15) is 19.7 Å². The summed E-state index contributed by atoms with van der Waals surface area (Å²) in [6.45, 7) is 6.26. The van der Waals surface area contributed by atoms with Gasteiger partial charge in [-0.1, -0.05) is 0 Å². The lowest BCUT2D eigenvalue weighted by Gasteiger charge is -2.31. The molecule has 4 nitrogen and oxygen atoms in total. The van der Waals surface area contributed by atoms with Gasteiger partial charge in [0.2, 0.25) is 0 Å². The van der Waals surface area contributed by atoms with E-state index in [1.54, 1.807) is 6.92 Å². The second kappa shape index (κ2) is 3.53. The van der Waals surface area contributed by atoms with Crippen LogP contribution in [0, 0.1) is 0 Å². The van der Waals surface area contributed by atoms with E-state index >= 15 is 0 Å². The maximum absolute atomic E-state index is 11.2. The molecule has 1 atom stereocenters. The Balaban J connectivity index is 2.11. The fraction of sp³-hybridized carbons (Fsp3) is 0.600. The minimum Gasteiger partial charge on any atom is -0.333 e. The van der Waals surface area contributed by atoms with Crippen molar-refractivity contribution in [3.8, 4) is 0 Å². The largest absolute Gasteiger partial charge is 0.333 e. The van der Waals surface area contributed by atoms with Crippen molar-refractivity contribution in [3.63, 3.8) is 0 Å². The first kappa shape index (κ1) is 9.40. The number of carbonyl (C=O) groups excluding carboxylic acids is 1. The molecule has 0 aliphatic carbocycles. The van der Waals surface area contributed by atoms with Crippen LogP contribution in [-0.4, -0.2) is 32.8 Å². The number of hydrogen-bond acceptors (Lipinski definition) is 3. The number of carbonyl (C=O) groups is 1. The molecule has 0 aromatic carbocycles. The van der Waals surface area contributed by atoms with E-state index in [2.05, 4.69) is 14.5 Å². The Bertz CT molecular complexity index is 345. The molecule has 2 rings (SSSR count). The van der Waals surface area contributed by atoms with Gasteiger partial charge in [-0.25, -0.2) is 4.98 Å². The van der Waals surface area contributed by atoms with E-state index < -0.39 is 0 Å². The van der Waals surface area contributed by atoms with Crippen molar-refractivity contribution in [2.75, 3.05) is 6.54 Å². The number of aromatic nitrogens is 2. The molecule has 76 valence electrons. The average Bonchev–Trinajstić information content (AvgIpc) is 2.62. The average molecular weight is 193 g/mol. The molecule has 1 aromatic rings. The van der Waals surface area contributed by atoms with Gasteiger partial charge in [-0.2, -0.15) is 0 Å². The van der Waals surface area contributed by atoms with Crippen molar-refractivity contribution in [1.82, 2.24) is 14.5 Å². The van der Waals surface area contributed by atoms with Crippen molar-refractivity contribution in [2.45, 2.75) is 33.0 Å². The molecule has 0 amide bonds. The normalized spacial score (nSPS) is 19.0. The third kappa shape index (κ3) is 1.57. The second-order valence-electron chi connectivity index (χ2n) is 3.79. The number of ketones is 1. The molecule has 0 radical (unpaired) electrons. The minimum atomic E-state index is 0.0143. The Morgan fingerprint density at radius 3 is 3.07 bits per heavy atom. The smallest absolute Gasteiger partial charge is 0.146 e. The van der Waals surface area contributed by atoms with Gasteiger partial charge in [0.1, 0.15) is 11.6 Å². The lowest BCUT2D eigenvalue weighted by molar-refractivity contribution is -0.122. The van der Waals surface area contributed by atoms with Crippen molar-refractivity contribution in [3.05, 3.63) is 18.2 Å². The Morgan fingerprint density at radius 2 is 2.36 bits per heavy atom. The van der Waals surface area contributed by atoms with Gasteiger partial charge in [-0.15, -0.1) is 0 Å². The molecule has 0 bridgehead atoms. The summed E-state index contributed by atoms with van der Waals surface area (Å²) < 4.78 is 2.14. The van der Waals surface area contributed by atoms with Crippen LogP contribution >= 0.6 is 0 Å². The van der Waals surface area contributed by atoms with Crippen molar-refractivity contribution in [1.29, 1.82) is 0 Å². The summed E-state index contributed by atoms with van der Waals surface area (Å²) in [6.07, 6.45) is 3.81. The molecule has 2 heterocycles. The molecule has 0 N–H and O–H groups in total. The zero-order chi connectivity index (χ0) is 10.1. The first-order chi connectivity index (χ1) is 6.68. The third-order valence-corrected chi connectivity index (χ3v) is 2.91. The standard InChI is InChI=1S/C10H15N3O/c1-8(9(2)14)13-6-5-12-4-3-11-10(12)7-13/h3-4,8H,5-7H2,1-2H3/t8-/m0/s1. The van der Waals surface area contributed by atoms with Gasteiger partial charge in [0.05, 0.1) is 12.6 Å². The van der Waals surface area contributed by atoms with Crippen LogP contribution in [0.5, 0.6) is 0 Å². The zero-order valence-electron chi connectivity index (χ0n) is 8.60. The van der Waals surface area contributed by atoms with Gasteiger partial charge in [-0.05, 0) is 13.8 Å². The molecule has 0 unspecified atom stereocenters. The number of Topliss-reactive ketones (excluding diaryl/α,β-unsaturated/α-hetero) is 1. The first-order valence-corrected chi connectivity index (χ1v) is 4.93. The van der Waals surface area contributed by atoms with E-state index in [-0.39, 0.29) is 11.8 Å². The van der Waals surface area contributed by atoms with Crippen LogP contribution < -0.4 is 0 Å². The van der Waals surface area contributed by atoms with Crippen LogP contribution in [-0.2, 0) is 17.9 Å². The van der Waals surface area contributed by atoms with Crippen molar-refractivity contribution >= 4 is 5.78 Å². The Morgan fingerprint density at radius 1 is 1.57 bits per heavy atom. The zero-order valence-corrected chi connectivity index (χ0v) is 8.60. The second-order valence-corrected chi connectivity index (χ2v) is 3.79. The van der Waals surface area contributed by atoms with Crippen LogP contribution in [0.15, 0.2) is 12.4 Å². The molecule has 0 saturated carbocycles. The van der Waals surface area contributed by atoms with Gasteiger partial charge >= 0.3 is 0 Å².